The highest BCUT2D eigenvalue weighted by atomic mass is 19.1. The number of likely N-dealkylation sites (tertiary alicyclic amines) is 1. The minimum absolute atomic E-state index is 0.0108. The number of hydrogen-bond acceptors (Lipinski definition) is 1. The maximum absolute atomic E-state index is 14.7. The molecule has 0 bridgehead atoms. The van der Waals surface area contributed by atoms with Crippen LogP contribution in [0.3, 0.4) is 0 Å². The molecule has 2 aromatic carbocycles. The lowest BCUT2D eigenvalue weighted by atomic mass is 10.0. The molecule has 3 rings (SSSR count). The van der Waals surface area contributed by atoms with Crippen LogP contribution in [-0.2, 0) is 12.8 Å². The lowest BCUT2D eigenvalue weighted by Crippen LogP contribution is -2.31. The van der Waals surface area contributed by atoms with Gasteiger partial charge in [-0.15, -0.1) is 0 Å². The number of rotatable bonds is 5. The van der Waals surface area contributed by atoms with E-state index in [0.717, 1.165) is 29.7 Å². The standard InChI is InChI=1S/C20H24FN/c21-20-18(12-15-22-13-5-2-6-14-22)10-7-11-19(20)16-17-8-3-1-4-9-17/h1,3-4,7-11H,2,5-6,12-16H2. The van der Waals surface area contributed by atoms with Crippen LogP contribution in [0.15, 0.2) is 48.5 Å². The summed E-state index contributed by atoms with van der Waals surface area (Å²) in [6, 6.07) is 16.0. The van der Waals surface area contributed by atoms with Crippen LogP contribution in [0.1, 0.15) is 36.0 Å². The number of nitrogens with zero attached hydrogens (tertiary/aromatic N) is 1. The predicted octanol–water partition coefficient (Wildman–Crippen LogP) is 4.44. The molecule has 1 aliphatic heterocycles. The summed E-state index contributed by atoms with van der Waals surface area (Å²) < 4.78 is 14.7. The fraction of sp³-hybridized carbons (Fsp3) is 0.400. The molecule has 0 unspecified atom stereocenters. The van der Waals surface area contributed by atoms with Gasteiger partial charge in [0.05, 0.1) is 0 Å². The summed E-state index contributed by atoms with van der Waals surface area (Å²) >= 11 is 0. The zero-order valence-electron chi connectivity index (χ0n) is 13.1. The van der Waals surface area contributed by atoms with Gasteiger partial charge in [0, 0.05) is 13.0 Å². The van der Waals surface area contributed by atoms with Gasteiger partial charge in [-0.05, 0) is 49.0 Å². The van der Waals surface area contributed by atoms with E-state index in [1.54, 1.807) is 0 Å². The second-order valence-electron chi connectivity index (χ2n) is 6.20. The van der Waals surface area contributed by atoms with E-state index in [2.05, 4.69) is 17.0 Å². The Hall–Kier alpha value is -1.67. The van der Waals surface area contributed by atoms with Crippen molar-refractivity contribution < 1.29 is 4.39 Å². The van der Waals surface area contributed by atoms with Crippen LogP contribution < -0.4 is 0 Å². The molecule has 0 saturated carbocycles. The summed E-state index contributed by atoms with van der Waals surface area (Å²) in [5.74, 6) is -0.0108. The summed E-state index contributed by atoms with van der Waals surface area (Å²) in [5.41, 5.74) is 2.83. The van der Waals surface area contributed by atoms with Crippen LogP contribution in [0.4, 0.5) is 4.39 Å². The molecule has 1 fully saturated rings. The summed E-state index contributed by atoms with van der Waals surface area (Å²) in [7, 11) is 0. The largest absolute Gasteiger partial charge is 0.303 e. The van der Waals surface area contributed by atoms with Crippen LogP contribution in [0, 0.1) is 5.82 Å². The van der Waals surface area contributed by atoms with Crippen LogP contribution in [-0.4, -0.2) is 24.5 Å². The van der Waals surface area contributed by atoms with Crippen molar-refractivity contribution in [1.29, 1.82) is 0 Å². The average molecular weight is 297 g/mol. The van der Waals surface area contributed by atoms with Gasteiger partial charge >= 0.3 is 0 Å². The molecule has 1 heterocycles. The van der Waals surface area contributed by atoms with Crippen LogP contribution in [0.5, 0.6) is 0 Å². The molecule has 0 amide bonds. The second-order valence-corrected chi connectivity index (χ2v) is 6.20. The Morgan fingerprint density at radius 1 is 0.818 bits per heavy atom. The van der Waals surface area contributed by atoms with Gasteiger partial charge in [0.2, 0.25) is 0 Å². The third-order valence-electron chi connectivity index (χ3n) is 4.54. The van der Waals surface area contributed by atoms with Gasteiger partial charge in [-0.1, -0.05) is 55.0 Å². The quantitative estimate of drug-likeness (QED) is 0.788. The molecule has 2 heteroatoms. The third kappa shape index (κ3) is 3.95. The fourth-order valence-corrected chi connectivity index (χ4v) is 3.24. The van der Waals surface area contributed by atoms with E-state index in [9.17, 15) is 4.39 Å². The maximum atomic E-state index is 14.7. The number of hydrogen-bond donors (Lipinski definition) is 0. The van der Waals surface area contributed by atoms with Crippen LogP contribution >= 0.6 is 0 Å². The van der Waals surface area contributed by atoms with Gasteiger partial charge in [-0.3, -0.25) is 0 Å². The van der Waals surface area contributed by atoms with Gasteiger partial charge in [-0.25, -0.2) is 4.39 Å². The molecule has 0 aliphatic carbocycles. The number of piperidine rings is 1. The number of benzene rings is 2. The molecule has 2 aromatic rings. The van der Waals surface area contributed by atoms with E-state index < -0.39 is 0 Å². The Balaban J connectivity index is 1.66. The molecule has 0 spiro atoms. The summed E-state index contributed by atoms with van der Waals surface area (Å²) in [4.78, 5) is 2.47. The average Bonchev–Trinajstić information content (AvgIpc) is 2.58. The normalized spacial score (nSPS) is 15.9. The Bertz CT molecular complexity index is 588. The minimum Gasteiger partial charge on any atom is -0.303 e. The van der Waals surface area contributed by atoms with Crippen molar-refractivity contribution in [1.82, 2.24) is 4.90 Å². The van der Waals surface area contributed by atoms with Gasteiger partial charge in [-0.2, -0.15) is 0 Å². The molecule has 0 N–H and O–H groups in total. The first-order valence-corrected chi connectivity index (χ1v) is 8.35. The van der Waals surface area contributed by atoms with E-state index in [0.29, 0.717) is 6.42 Å². The molecule has 22 heavy (non-hydrogen) atoms. The monoisotopic (exact) mass is 297 g/mol. The van der Waals surface area contributed by atoms with Crippen molar-refractivity contribution >= 4 is 0 Å². The van der Waals surface area contributed by atoms with Crippen molar-refractivity contribution in [2.75, 3.05) is 19.6 Å². The van der Waals surface area contributed by atoms with Gasteiger partial charge in [0.1, 0.15) is 5.82 Å². The van der Waals surface area contributed by atoms with E-state index in [1.165, 1.54) is 32.4 Å². The molecule has 1 saturated heterocycles. The van der Waals surface area contributed by atoms with Gasteiger partial charge in [0.25, 0.3) is 0 Å². The van der Waals surface area contributed by atoms with Crippen LogP contribution in [0.25, 0.3) is 0 Å². The Morgan fingerprint density at radius 2 is 1.55 bits per heavy atom. The summed E-state index contributed by atoms with van der Waals surface area (Å²) in [6.45, 7) is 3.32. The summed E-state index contributed by atoms with van der Waals surface area (Å²) in [6.07, 6.45) is 5.41. The second kappa shape index (κ2) is 7.55. The summed E-state index contributed by atoms with van der Waals surface area (Å²) in [5, 5.41) is 0. The topological polar surface area (TPSA) is 3.24 Å². The SMILES string of the molecule is Fc1c(CCN2CCCCC2)cccc1Cc1ccccc1. The van der Waals surface area contributed by atoms with E-state index in [4.69, 9.17) is 0 Å². The molecule has 0 radical (unpaired) electrons. The molecule has 1 nitrogen and oxygen atoms in total. The maximum Gasteiger partial charge on any atom is 0.129 e. The smallest absolute Gasteiger partial charge is 0.129 e. The van der Waals surface area contributed by atoms with Crippen molar-refractivity contribution in [3.8, 4) is 0 Å². The van der Waals surface area contributed by atoms with Gasteiger partial charge < -0.3 is 4.90 Å². The minimum atomic E-state index is -0.0108. The molecule has 0 aromatic heterocycles. The van der Waals surface area contributed by atoms with Crippen molar-refractivity contribution in [2.45, 2.75) is 32.1 Å². The van der Waals surface area contributed by atoms with Gasteiger partial charge in [0.15, 0.2) is 0 Å². The fourth-order valence-electron chi connectivity index (χ4n) is 3.24. The predicted molar refractivity (Wildman–Crippen MR) is 89.6 cm³/mol. The first-order valence-electron chi connectivity index (χ1n) is 8.35. The van der Waals surface area contributed by atoms with E-state index in [-0.39, 0.29) is 5.82 Å². The first-order chi connectivity index (χ1) is 10.8. The van der Waals surface area contributed by atoms with Crippen LogP contribution in [0.2, 0.25) is 0 Å². The molecule has 1 aliphatic rings. The highest BCUT2D eigenvalue weighted by molar-refractivity contribution is 5.31. The van der Waals surface area contributed by atoms with Crippen molar-refractivity contribution in [2.24, 2.45) is 0 Å². The zero-order valence-corrected chi connectivity index (χ0v) is 13.1. The Morgan fingerprint density at radius 3 is 2.32 bits per heavy atom. The lowest BCUT2D eigenvalue weighted by molar-refractivity contribution is 0.231. The molecule has 0 atom stereocenters. The highest BCUT2D eigenvalue weighted by Crippen LogP contribution is 2.18. The van der Waals surface area contributed by atoms with Crippen molar-refractivity contribution in [3.05, 3.63) is 71.0 Å². The Labute approximate surface area is 132 Å². The molecule has 116 valence electrons. The first kappa shape index (κ1) is 15.2. The molecular formula is C20H24FN. The zero-order chi connectivity index (χ0) is 15.2. The highest BCUT2D eigenvalue weighted by Gasteiger charge is 2.12. The third-order valence-corrected chi connectivity index (χ3v) is 4.54. The molecular weight excluding hydrogens is 273 g/mol. The Kier molecular flexibility index (Phi) is 5.23. The van der Waals surface area contributed by atoms with E-state index in [1.807, 2.05) is 36.4 Å². The van der Waals surface area contributed by atoms with Crippen molar-refractivity contribution in [3.63, 3.8) is 0 Å². The van der Waals surface area contributed by atoms with E-state index >= 15 is 0 Å². The number of halogens is 1. The lowest BCUT2D eigenvalue weighted by Gasteiger charge is -2.26.